The summed E-state index contributed by atoms with van der Waals surface area (Å²) >= 11 is 0. The molecule has 0 heterocycles. The van der Waals surface area contributed by atoms with Crippen molar-refractivity contribution in [2.24, 2.45) is 0 Å². The van der Waals surface area contributed by atoms with Crippen LogP contribution in [0.25, 0.3) is 0 Å². The largest absolute Gasteiger partial charge is 0.416 e. The second kappa shape index (κ2) is 13.0. The molecule has 0 fully saturated rings. The average molecular weight is 584 g/mol. The van der Waals surface area contributed by atoms with Gasteiger partial charge in [0.1, 0.15) is 10.6 Å². The molecule has 0 aliphatic carbocycles. The van der Waals surface area contributed by atoms with Crippen LogP contribution in [-0.2, 0) is 32.4 Å². The zero-order valence-corrected chi connectivity index (χ0v) is 22.9. The number of hydrogen-bond acceptors (Lipinski definition) is 5. The van der Waals surface area contributed by atoms with Crippen LogP contribution in [-0.4, -0.2) is 39.5 Å². The Hall–Kier alpha value is -4.15. The number of amides is 1. The summed E-state index contributed by atoms with van der Waals surface area (Å²) in [6.45, 7) is 0.825. The van der Waals surface area contributed by atoms with E-state index in [2.05, 4.69) is 0 Å². The fourth-order valence-electron chi connectivity index (χ4n) is 4.29. The highest BCUT2D eigenvalue weighted by atomic mass is 32.2. The third kappa shape index (κ3) is 7.74. The van der Waals surface area contributed by atoms with Crippen molar-refractivity contribution in [3.63, 3.8) is 0 Å². The van der Waals surface area contributed by atoms with E-state index < -0.39 is 32.7 Å². The molecule has 214 valence electrons. The van der Waals surface area contributed by atoms with Crippen LogP contribution in [0.3, 0.4) is 0 Å². The minimum absolute atomic E-state index is 0.0765. The number of carbonyl (C=O) groups is 1. The number of nitrogens with zero attached hydrogens (tertiary/aromatic N) is 1. The quantitative estimate of drug-likeness (QED) is 0.194. The molecular weight excluding hydrogens is 555 g/mol. The van der Waals surface area contributed by atoms with E-state index in [1.807, 2.05) is 60.7 Å². The summed E-state index contributed by atoms with van der Waals surface area (Å²) in [7, 11) is -2.96. The summed E-state index contributed by atoms with van der Waals surface area (Å²) in [5, 5.41) is 0. The van der Waals surface area contributed by atoms with Crippen molar-refractivity contribution in [2.45, 2.75) is 23.5 Å². The van der Waals surface area contributed by atoms with E-state index in [9.17, 15) is 26.4 Å². The highest BCUT2D eigenvalue weighted by molar-refractivity contribution is 7.87. The van der Waals surface area contributed by atoms with Crippen molar-refractivity contribution in [1.29, 1.82) is 0 Å². The molecular formula is C31H28F3NO5S. The van der Waals surface area contributed by atoms with E-state index in [4.69, 9.17) is 8.92 Å². The molecule has 4 aromatic carbocycles. The van der Waals surface area contributed by atoms with Gasteiger partial charge >= 0.3 is 16.3 Å². The third-order valence-corrected chi connectivity index (χ3v) is 7.59. The van der Waals surface area contributed by atoms with Crippen molar-refractivity contribution >= 4 is 16.0 Å². The van der Waals surface area contributed by atoms with Gasteiger partial charge in [0, 0.05) is 20.2 Å². The normalized spacial score (nSPS) is 11.8. The Morgan fingerprint density at radius 3 is 1.95 bits per heavy atom. The van der Waals surface area contributed by atoms with Gasteiger partial charge in [-0.2, -0.15) is 21.6 Å². The standard InChI is InChI=1S/C31H28F3NO5S/c1-39-20-19-35(30(36)29(24-9-4-2-5-10-24)25-11-6-3-7-12-25)22-23-15-17-27(18-16-23)40-41(37,38)28-14-8-13-26(21-28)31(32,33)34/h2-18,21,29H,19-20,22H2,1H3. The Bertz CT molecular complexity index is 1500. The van der Waals surface area contributed by atoms with E-state index in [0.29, 0.717) is 24.8 Å². The highest BCUT2D eigenvalue weighted by Gasteiger charge is 2.32. The van der Waals surface area contributed by atoms with Gasteiger partial charge in [-0.05, 0) is 47.0 Å². The summed E-state index contributed by atoms with van der Waals surface area (Å²) in [6, 6.07) is 28.2. The van der Waals surface area contributed by atoms with Crippen molar-refractivity contribution in [3.05, 3.63) is 131 Å². The maximum absolute atomic E-state index is 14.0. The maximum Gasteiger partial charge on any atom is 0.416 e. The molecule has 1 amide bonds. The molecule has 0 unspecified atom stereocenters. The van der Waals surface area contributed by atoms with Crippen LogP contribution in [0.15, 0.2) is 114 Å². The van der Waals surface area contributed by atoms with E-state index >= 15 is 0 Å². The molecule has 6 nitrogen and oxygen atoms in total. The summed E-state index contributed by atoms with van der Waals surface area (Å²) < 4.78 is 74.7. The molecule has 4 aromatic rings. The molecule has 0 radical (unpaired) electrons. The van der Waals surface area contributed by atoms with E-state index in [1.54, 1.807) is 24.1 Å². The minimum Gasteiger partial charge on any atom is -0.383 e. The van der Waals surface area contributed by atoms with Crippen LogP contribution in [0.5, 0.6) is 5.75 Å². The number of methoxy groups -OCH3 is 1. The number of alkyl halides is 3. The molecule has 41 heavy (non-hydrogen) atoms. The molecule has 0 aliphatic heterocycles. The van der Waals surface area contributed by atoms with E-state index in [-0.39, 0.29) is 18.2 Å². The Morgan fingerprint density at radius 1 is 0.829 bits per heavy atom. The Labute approximate surface area is 237 Å². The van der Waals surface area contributed by atoms with Gasteiger partial charge in [0.25, 0.3) is 0 Å². The van der Waals surface area contributed by atoms with Crippen LogP contribution in [0, 0.1) is 0 Å². The molecule has 0 bridgehead atoms. The van der Waals surface area contributed by atoms with Crippen LogP contribution >= 0.6 is 0 Å². The lowest BCUT2D eigenvalue weighted by Crippen LogP contribution is -2.37. The first kappa shape index (κ1) is 29.8. The van der Waals surface area contributed by atoms with Gasteiger partial charge in [0.2, 0.25) is 5.91 Å². The fourth-order valence-corrected chi connectivity index (χ4v) is 5.27. The molecule has 0 aliphatic rings. The summed E-state index contributed by atoms with van der Waals surface area (Å²) in [4.78, 5) is 15.0. The van der Waals surface area contributed by atoms with E-state index in [1.165, 1.54) is 12.1 Å². The van der Waals surface area contributed by atoms with Gasteiger partial charge < -0.3 is 13.8 Å². The van der Waals surface area contributed by atoms with Gasteiger partial charge in [-0.15, -0.1) is 0 Å². The topological polar surface area (TPSA) is 72.9 Å². The van der Waals surface area contributed by atoms with Gasteiger partial charge in [-0.25, -0.2) is 0 Å². The fraction of sp³-hybridized carbons (Fsp3) is 0.194. The SMILES string of the molecule is COCCN(Cc1ccc(OS(=O)(=O)c2cccc(C(F)(F)F)c2)cc1)C(=O)C(c1ccccc1)c1ccccc1. The van der Waals surface area contributed by atoms with Gasteiger partial charge in [-0.3, -0.25) is 4.79 Å². The van der Waals surface area contributed by atoms with Crippen molar-refractivity contribution in [3.8, 4) is 5.75 Å². The first-order chi connectivity index (χ1) is 19.6. The van der Waals surface area contributed by atoms with Crippen molar-refractivity contribution in [1.82, 2.24) is 4.90 Å². The lowest BCUT2D eigenvalue weighted by Gasteiger charge is -2.28. The van der Waals surface area contributed by atoms with Crippen LogP contribution in [0.4, 0.5) is 13.2 Å². The van der Waals surface area contributed by atoms with E-state index in [0.717, 1.165) is 29.3 Å². The number of hydrogen-bond donors (Lipinski definition) is 0. The summed E-state index contributed by atoms with van der Waals surface area (Å²) in [5.41, 5.74) is 1.28. The lowest BCUT2D eigenvalue weighted by molar-refractivity contribution is -0.137. The van der Waals surface area contributed by atoms with Crippen molar-refractivity contribution in [2.75, 3.05) is 20.3 Å². The Kier molecular flexibility index (Phi) is 9.46. The molecule has 0 N–H and O–H groups in total. The van der Waals surface area contributed by atoms with Gasteiger partial charge in [0.05, 0.1) is 18.1 Å². The summed E-state index contributed by atoms with van der Waals surface area (Å²) in [5.74, 6) is -0.756. The molecule has 0 spiro atoms. The predicted octanol–water partition coefficient (Wildman–Crippen LogP) is 6.28. The van der Waals surface area contributed by atoms with Crippen LogP contribution in [0.1, 0.15) is 28.2 Å². The third-order valence-electron chi connectivity index (χ3n) is 6.34. The van der Waals surface area contributed by atoms with Gasteiger partial charge in [-0.1, -0.05) is 78.9 Å². The Morgan fingerprint density at radius 2 is 1.41 bits per heavy atom. The monoisotopic (exact) mass is 583 g/mol. The first-order valence-electron chi connectivity index (χ1n) is 12.7. The molecule has 0 atom stereocenters. The Balaban J connectivity index is 1.54. The lowest BCUT2D eigenvalue weighted by atomic mass is 9.90. The first-order valence-corrected chi connectivity index (χ1v) is 14.1. The summed E-state index contributed by atoms with van der Waals surface area (Å²) in [6.07, 6.45) is -4.70. The zero-order valence-electron chi connectivity index (χ0n) is 22.1. The molecule has 10 heteroatoms. The molecule has 0 saturated heterocycles. The van der Waals surface area contributed by atoms with Gasteiger partial charge in [0.15, 0.2) is 0 Å². The number of halogens is 3. The number of benzene rings is 4. The smallest absolute Gasteiger partial charge is 0.383 e. The van der Waals surface area contributed by atoms with Crippen molar-refractivity contribution < 1.29 is 35.3 Å². The molecule has 0 aromatic heterocycles. The van der Waals surface area contributed by atoms with Crippen LogP contribution < -0.4 is 4.18 Å². The number of rotatable bonds is 11. The highest BCUT2D eigenvalue weighted by Crippen LogP contribution is 2.31. The predicted molar refractivity (Wildman–Crippen MR) is 148 cm³/mol. The second-order valence-corrected chi connectivity index (χ2v) is 10.8. The molecule has 0 saturated carbocycles. The minimum atomic E-state index is -4.70. The average Bonchev–Trinajstić information content (AvgIpc) is 2.97. The maximum atomic E-state index is 14.0. The number of ether oxygens (including phenoxy) is 1. The van der Waals surface area contributed by atoms with Crippen LogP contribution in [0.2, 0.25) is 0 Å². The molecule has 4 rings (SSSR count). The number of carbonyl (C=O) groups excluding carboxylic acids is 1. The zero-order chi connectivity index (χ0) is 29.5. The second-order valence-electron chi connectivity index (χ2n) is 9.21.